The summed E-state index contributed by atoms with van der Waals surface area (Å²) in [5.41, 5.74) is 0.201. The molecule has 1 aliphatic rings. The number of benzene rings is 1. The van der Waals surface area contributed by atoms with Crippen LogP contribution in [0.2, 0.25) is 5.02 Å². The lowest BCUT2D eigenvalue weighted by Crippen LogP contribution is -2.38. The molecule has 0 bridgehead atoms. The molecule has 0 unspecified atom stereocenters. The van der Waals surface area contributed by atoms with E-state index in [0.717, 1.165) is 0 Å². The molecule has 1 aromatic carbocycles. The Kier molecular flexibility index (Phi) is 6.60. The van der Waals surface area contributed by atoms with Crippen LogP contribution in [-0.2, 0) is 10.0 Å². The van der Waals surface area contributed by atoms with Crippen LogP contribution in [0.1, 0.15) is 54.7 Å². The van der Waals surface area contributed by atoms with E-state index in [1.807, 2.05) is 0 Å². The molecule has 158 valence electrons. The number of carbonyl (C=O) groups excluding carboxylic acids is 1. The molecule has 3 rings (SSSR count). The molecule has 0 radical (unpaired) electrons. The monoisotopic (exact) mass is 440 g/mol. The first-order valence-electron chi connectivity index (χ1n) is 9.67. The fourth-order valence-electron chi connectivity index (χ4n) is 3.52. The molecule has 0 atom stereocenters. The Balaban J connectivity index is 1.78. The van der Waals surface area contributed by atoms with Crippen molar-refractivity contribution in [3.8, 4) is 0 Å². The minimum absolute atomic E-state index is 0.0742. The molecule has 29 heavy (non-hydrogen) atoms. The largest absolute Gasteiger partial charge is 0.339 e. The van der Waals surface area contributed by atoms with Gasteiger partial charge >= 0.3 is 0 Å². The fourth-order valence-corrected chi connectivity index (χ4v) is 5.20. The van der Waals surface area contributed by atoms with E-state index in [-0.39, 0.29) is 27.3 Å². The Morgan fingerprint density at radius 2 is 1.93 bits per heavy atom. The summed E-state index contributed by atoms with van der Waals surface area (Å²) in [6, 6.07) is 4.29. The number of rotatable bonds is 6. The summed E-state index contributed by atoms with van der Waals surface area (Å²) in [4.78, 5) is 19.1. The van der Waals surface area contributed by atoms with Crippen LogP contribution in [0.3, 0.4) is 0 Å². The summed E-state index contributed by atoms with van der Waals surface area (Å²) in [6.07, 6.45) is 1.39. The molecule has 2 heterocycles. The number of hydrogen-bond acceptors (Lipinski definition) is 6. The van der Waals surface area contributed by atoms with E-state index in [0.29, 0.717) is 50.7 Å². The van der Waals surface area contributed by atoms with Gasteiger partial charge in [-0.05, 0) is 38.0 Å². The number of sulfonamides is 1. The predicted molar refractivity (Wildman–Crippen MR) is 108 cm³/mol. The van der Waals surface area contributed by atoms with Crippen molar-refractivity contribution in [1.29, 1.82) is 0 Å². The standard InChI is InChI=1S/C19H25ClN4O4S/c1-4-24(5-2)29(26,27)15-6-7-17(20)16(12-15)19(25)23-10-8-14(9-11-23)18-21-13(3)22-28-18/h6-7,12,14H,4-5,8-11H2,1-3H3. The van der Waals surface area contributed by atoms with Crippen LogP contribution < -0.4 is 0 Å². The number of hydrogen-bond donors (Lipinski definition) is 0. The van der Waals surface area contributed by atoms with Crippen LogP contribution in [0.25, 0.3) is 0 Å². The zero-order chi connectivity index (χ0) is 21.2. The van der Waals surface area contributed by atoms with Crippen molar-refractivity contribution in [2.24, 2.45) is 0 Å². The topological polar surface area (TPSA) is 96.6 Å². The molecule has 10 heteroatoms. The molecule has 0 N–H and O–H groups in total. The first-order valence-corrected chi connectivity index (χ1v) is 11.5. The zero-order valence-electron chi connectivity index (χ0n) is 16.8. The predicted octanol–water partition coefficient (Wildman–Crippen LogP) is 3.08. The maximum atomic E-state index is 13.0. The van der Waals surface area contributed by atoms with E-state index in [1.54, 1.807) is 25.7 Å². The molecule has 8 nitrogen and oxygen atoms in total. The van der Waals surface area contributed by atoms with Gasteiger partial charge in [0.1, 0.15) is 0 Å². The van der Waals surface area contributed by atoms with Crippen LogP contribution in [-0.4, -0.2) is 59.8 Å². The van der Waals surface area contributed by atoms with Crippen molar-refractivity contribution < 1.29 is 17.7 Å². The van der Waals surface area contributed by atoms with Gasteiger partial charge in [0.25, 0.3) is 5.91 Å². The van der Waals surface area contributed by atoms with Gasteiger partial charge in [0.05, 0.1) is 15.5 Å². The maximum Gasteiger partial charge on any atom is 0.255 e. The second kappa shape index (κ2) is 8.81. The van der Waals surface area contributed by atoms with Gasteiger partial charge in [0.2, 0.25) is 15.9 Å². The summed E-state index contributed by atoms with van der Waals surface area (Å²) in [7, 11) is -3.67. The number of piperidine rings is 1. The van der Waals surface area contributed by atoms with Crippen LogP contribution in [0.15, 0.2) is 27.6 Å². The van der Waals surface area contributed by atoms with Gasteiger partial charge in [-0.25, -0.2) is 8.42 Å². The highest BCUT2D eigenvalue weighted by atomic mass is 35.5. The normalized spacial score (nSPS) is 15.8. The highest BCUT2D eigenvalue weighted by Gasteiger charge is 2.30. The number of likely N-dealkylation sites (tertiary alicyclic amines) is 1. The lowest BCUT2D eigenvalue weighted by molar-refractivity contribution is 0.0704. The van der Waals surface area contributed by atoms with E-state index < -0.39 is 10.0 Å². The zero-order valence-corrected chi connectivity index (χ0v) is 18.3. The molecule has 0 spiro atoms. The van der Waals surface area contributed by atoms with Gasteiger partial charge in [-0.3, -0.25) is 4.79 Å². The van der Waals surface area contributed by atoms with Gasteiger partial charge in [0.15, 0.2) is 5.82 Å². The van der Waals surface area contributed by atoms with Gasteiger partial charge in [-0.15, -0.1) is 0 Å². The third-order valence-electron chi connectivity index (χ3n) is 5.19. The first kappa shape index (κ1) is 21.7. The lowest BCUT2D eigenvalue weighted by Gasteiger charge is -2.30. The third kappa shape index (κ3) is 4.46. The lowest BCUT2D eigenvalue weighted by atomic mass is 9.96. The molecule has 1 aromatic heterocycles. The van der Waals surface area contributed by atoms with Gasteiger partial charge in [-0.2, -0.15) is 9.29 Å². The molecule has 0 saturated carbocycles. The van der Waals surface area contributed by atoms with Crippen molar-refractivity contribution in [3.05, 3.63) is 40.5 Å². The number of amides is 1. The second-order valence-electron chi connectivity index (χ2n) is 6.98. The summed E-state index contributed by atoms with van der Waals surface area (Å²) >= 11 is 6.25. The SMILES string of the molecule is CCN(CC)S(=O)(=O)c1ccc(Cl)c(C(=O)N2CCC(c3nc(C)no3)CC2)c1. The van der Waals surface area contributed by atoms with Crippen molar-refractivity contribution in [3.63, 3.8) is 0 Å². The van der Waals surface area contributed by atoms with Gasteiger partial charge in [0, 0.05) is 32.1 Å². The van der Waals surface area contributed by atoms with E-state index in [2.05, 4.69) is 10.1 Å². The number of nitrogens with zero attached hydrogens (tertiary/aromatic N) is 4. The molecule has 1 fully saturated rings. The molecule has 0 aliphatic carbocycles. The van der Waals surface area contributed by atoms with Crippen LogP contribution >= 0.6 is 11.6 Å². The molecular formula is C19H25ClN4O4S. The smallest absolute Gasteiger partial charge is 0.255 e. The molecule has 1 saturated heterocycles. The second-order valence-corrected chi connectivity index (χ2v) is 9.32. The fraction of sp³-hybridized carbons (Fsp3) is 0.526. The van der Waals surface area contributed by atoms with Crippen molar-refractivity contribution in [2.75, 3.05) is 26.2 Å². The minimum atomic E-state index is -3.67. The van der Waals surface area contributed by atoms with E-state index in [4.69, 9.17) is 16.1 Å². The highest BCUT2D eigenvalue weighted by Crippen LogP contribution is 2.29. The number of aryl methyl sites for hydroxylation is 1. The Hall–Kier alpha value is -1.97. The quantitative estimate of drug-likeness (QED) is 0.684. The van der Waals surface area contributed by atoms with E-state index in [1.165, 1.54) is 22.5 Å². The molecule has 2 aromatic rings. The first-order chi connectivity index (χ1) is 13.8. The molecular weight excluding hydrogens is 416 g/mol. The Bertz CT molecular complexity index is 980. The maximum absolute atomic E-state index is 13.0. The van der Waals surface area contributed by atoms with Gasteiger partial charge in [-0.1, -0.05) is 30.6 Å². The van der Waals surface area contributed by atoms with Gasteiger partial charge < -0.3 is 9.42 Å². The number of carbonyl (C=O) groups is 1. The Morgan fingerprint density at radius 3 is 2.48 bits per heavy atom. The number of halogens is 1. The van der Waals surface area contributed by atoms with Crippen molar-refractivity contribution in [2.45, 2.75) is 44.4 Å². The van der Waals surface area contributed by atoms with E-state index in [9.17, 15) is 13.2 Å². The highest BCUT2D eigenvalue weighted by molar-refractivity contribution is 7.89. The third-order valence-corrected chi connectivity index (χ3v) is 7.56. The van der Waals surface area contributed by atoms with Crippen molar-refractivity contribution in [1.82, 2.24) is 19.3 Å². The summed E-state index contributed by atoms with van der Waals surface area (Å²) in [6.45, 7) is 7.05. The average molecular weight is 441 g/mol. The van der Waals surface area contributed by atoms with Crippen LogP contribution in [0.4, 0.5) is 0 Å². The van der Waals surface area contributed by atoms with Crippen LogP contribution in [0.5, 0.6) is 0 Å². The minimum Gasteiger partial charge on any atom is -0.339 e. The Morgan fingerprint density at radius 1 is 1.28 bits per heavy atom. The number of aromatic nitrogens is 2. The summed E-state index contributed by atoms with van der Waals surface area (Å²) in [5, 5.41) is 4.06. The average Bonchev–Trinajstić information content (AvgIpc) is 3.15. The van der Waals surface area contributed by atoms with Crippen LogP contribution in [0, 0.1) is 6.92 Å². The van der Waals surface area contributed by atoms with E-state index >= 15 is 0 Å². The molecule has 1 amide bonds. The Labute approximate surface area is 175 Å². The summed E-state index contributed by atoms with van der Waals surface area (Å²) in [5.74, 6) is 1.04. The van der Waals surface area contributed by atoms with Crippen molar-refractivity contribution >= 4 is 27.5 Å². The molecule has 1 aliphatic heterocycles. The summed E-state index contributed by atoms with van der Waals surface area (Å²) < 4.78 is 32.2.